The van der Waals surface area contributed by atoms with Gasteiger partial charge in [0.05, 0.1) is 0 Å². The number of hydrogen-bond donors (Lipinski definition) is 1. The molecule has 74 valence electrons. The second-order valence-corrected chi connectivity index (χ2v) is 3.35. The van der Waals surface area contributed by atoms with E-state index in [2.05, 4.69) is 11.9 Å². The van der Waals surface area contributed by atoms with Gasteiger partial charge in [-0.15, -0.1) is 6.58 Å². The van der Waals surface area contributed by atoms with Crippen molar-refractivity contribution in [2.24, 2.45) is 5.92 Å². The van der Waals surface area contributed by atoms with E-state index in [1.807, 2.05) is 0 Å². The van der Waals surface area contributed by atoms with E-state index in [-0.39, 0.29) is 5.91 Å². The molecule has 1 aliphatic heterocycles. The van der Waals surface area contributed by atoms with Crippen molar-refractivity contribution < 1.29 is 9.53 Å². The van der Waals surface area contributed by atoms with E-state index in [0.29, 0.717) is 18.9 Å². The van der Waals surface area contributed by atoms with Crippen molar-refractivity contribution in [3.63, 3.8) is 0 Å². The van der Waals surface area contributed by atoms with Gasteiger partial charge in [-0.3, -0.25) is 4.79 Å². The van der Waals surface area contributed by atoms with Crippen molar-refractivity contribution in [1.29, 1.82) is 0 Å². The third kappa shape index (κ3) is 4.08. The Morgan fingerprint density at radius 3 is 2.85 bits per heavy atom. The van der Waals surface area contributed by atoms with Crippen molar-refractivity contribution in [3.05, 3.63) is 12.7 Å². The van der Waals surface area contributed by atoms with Gasteiger partial charge in [0, 0.05) is 26.2 Å². The molecule has 3 heteroatoms. The fraction of sp³-hybridized carbons (Fsp3) is 0.700. The van der Waals surface area contributed by atoms with Crippen molar-refractivity contribution >= 4 is 5.91 Å². The third-order valence-corrected chi connectivity index (χ3v) is 2.26. The summed E-state index contributed by atoms with van der Waals surface area (Å²) < 4.78 is 5.21. The molecule has 1 heterocycles. The molecule has 1 saturated heterocycles. The highest BCUT2D eigenvalue weighted by molar-refractivity contribution is 5.76. The second-order valence-electron chi connectivity index (χ2n) is 3.35. The van der Waals surface area contributed by atoms with Crippen molar-refractivity contribution in [2.75, 3.05) is 19.8 Å². The van der Waals surface area contributed by atoms with Crippen molar-refractivity contribution in [2.45, 2.75) is 19.3 Å². The normalized spacial score (nSPS) is 18.2. The van der Waals surface area contributed by atoms with Crippen LogP contribution in [-0.4, -0.2) is 25.7 Å². The summed E-state index contributed by atoms with van der Waals surface area (Å²) in [7, 11) is 0. The topological polar surface area (TPSA) is 38.3 Å². The third-order valence-electron chi connectivity index (χ3n) is 2.26. The van der Waals surface area contributed by atoms with Gasteiger partial charge in [0.15, 0.2) is 0 Å². The lowest BCUT2D eigenvalue weighted by Crippen LogP contribution is -2.27. The zero-order chi connectivity index (χ0) is 9.52. The molecule has 1 amide bonds. The monoisotopic (exact) mass is 183 g/mol. The smallest absolute Gasteiger partial charge is 0.220 e. The molecule has 1 fully saturated rings. The Morgan fingerprint density at radius 2 is 2.23 bits per heavy atom. The van der Waals surface area contributed by atoms with Gasteiger partial charge in [-0.1, -0.05) is 6.08 Å². The molecule has 0 atom stereocenters. The molecule has 1 aliphatic rings. The predicted octanol–water partition coefficient (Wildman–Crippen LogP) is 1.11. The highest BCUT2D eigenvalue weighted by atomic mass is 16.5. The van der Waals surface area contributed by atoms with E-state index in [1.165, 1.54) is 0 Å². The van der Waals surface area contributed by atoms with E-state index in [1.54, 1.807) is 6.08 Å². The zero-order valence-electron chi connectivity index (χ0n) is 7.92. The largest absolute Gasteiger partial charge is 0.381 e. The van der Waals surface area contributed by atoms with Crippen LogP contribution in [0.25, 0.3) is 0 Å². The Morgan fingerprint density at radius 1 is 1.54 bits per heavy atom. The van der Waals surface area contributed by atoms with Crippen LogP contribution in [0.15, 0.2) is 12.7 Å². The van der Waals surface area contributed by atoms with E-state index in [4.69, 9.17) is 4.74 Å². The van der Waals surface area contributed by atoms with Gasteiger partial charge in [-0.05, 0) is 18.8 Å². The van der Waals surface area contributed by atoms with Crippen LogP contribution in [-0.2, 0) is 9.53 Å². The first kappa shape index (κ1) is 10.3. The molecule has 0 spiro atoms. The van der Waals surface area contributed by atoms with Crippen molar-refractivity contribution in [1.82, 2.24) is 5.32 Å². The van der Waals surface area contributed by atoms with Crippen molar-refractivity contribution in [3.8, 4) is 0 Å². The predicted molar refractivity (Wildman–Crippen MR) is 51.4 cm³/mol. The fourth-order valence-electron chi connectivity index (χ4n) is 1.47. The highest BCUT2D eigenvalue weighted by Gasteiger charge is 2.16. The van der Waals surface area contributed by atoms with Crippen LogP contribution in [0.5, 0.6) is 0 Å². The van der Waals surface area contributed by atoms with E-state index in [9.17, 15) is 4.79 Å². The Labute approximate surface area is 79.2 Å². The van der Waals surface area contributed by atoms with Gasteiger partial charge in [-0.2, -0.15) is 0 Å². The maximum atomic E-state index is 11.3. The number of carbonyl (C=O) groups excluding carboxylic acids is 1. The number of hydrogen-bond acceptors (Lipinski definition) is 2. The van der Waals surface area contributed by atoms with E-state index < -0.39 is 0 Å². The first-order valence-corrected chi connectivity index (χ1v) is 4.78. The van der Waals surface area contributed by atoms with Crippen LogP contribution in [0, 0.1) is 5.92 Å². The summed E-state index contributed by atoms with van der Waals surface area (Å²) in [6.45, 7) is 5.73. The number of ether oxygens (including phenoxy) is 1. The molecule has 0 bridgehead atoms. The number of rotatable bonds is 4. The zero-order valence-corrected chi connectivity index (χ0v) is 7.92. The molecule has 1 N–H and O–H groups in total. The maximum Gasteiger partial charge on any atom is 0.220 e. The Balaban J connectivity index is 2.14. The Bertz CT molecular complexity index is 174. The van der Waals surface area contributed by atoms with E-state index in [0.717, 1.165) is 26.1 Å². The van der Waals surface area contributed by atoms with Crippen LogP contribution in [0.3, 0.4) is 0 Å². The molecule has 0 radical (unpaired) electrons. The molecular formula is C10H17NO2. The van der Waals surface area contributed by atoms with Crippen LogP contribution >= 0.6 is 0 Å². The molecular weight excluding hydrogens is 166 g/mol. The lowest BCUT2D eigenvalue weighted by atomic mass is 9.96. The SMILES string of the molecule is C=CCNC(=O)CC1CCOCC1. The van der Waals surface area contributed by atoms with E-state index >= 15 is 0 Å². The molecule has 0 saturated carbocycles. The summed E-state index contributed by atoms with van der Waals surface area (Å²) in [5.74, 6) is 0.644. The van der Waals surface area contributed by atoms with Crippen LogP contribution in [0.4, 0.5) is 0 Å². The molecule has 0 aromatic rings. The first-order valence-electron chi connectivity index (χ1n) is 4.78. The Hall–Kier alpha value is -0.830. The fourth-order valence-corrected chi connectivity index (χ4v) is 1.47. The molecule has 1 rings (SSSR count). The van der Waals surface area contributed by atoms with Gasteiger partial charge in [0.1, 0.15) is 0 Å². The molecule has 0 aliphatic carbocycles. The highest BCUT2D eigenvalue weighted by Crippen LogP contribution is 2.17. The first-order chi connectivity index (χ1) is 6.33. The lowest BCUT2D eigenvalue weighted by Gasteiger charge is -2.21. The number of amides is 1. The minimum absolute atomic E-state index is 0.131. The summed E-state index contributed by atoms with van der Waals surface area (Å²) in [5.41, 5.74) is 0. The summed E-state index contributed by atoms with van der Waals surface area (Å²) in [4.78, 5) is 11.3. The summed E-state index contributed by atoms with van der Waals surface area (Å²) >= 11 is 0. The number of carbonyl (C=O) groups is 1. The number of nitrogens with one attached hydrogen (secondary N) is 1. The Kier molecular flexibility index (Phi) is 4.54. The minimum atomic E-state index is 0.131. The lowest BCUT2D eigenvalue weighted by molar-refractivity contribution is -0.122. The molecule has 13 heavy (non-hydrogen) atoms. The average Bonchev–Trinajstić information content (AvgIpc) is 2.16. The summed E-state index contributed by atoms with van der Waals surface area (Å²) in [6, 6.07) is 0. The molecule has 3 nitrogen and oxygen atoms in total. The summed E-state index contributed by atoms with van der Waals surface area (Å²) in [6.07, 6.45) is 4.36. The molecule has 0 aromatic heterocycles. The van der Waals surface area contributed by atoms with Gasteiger partial charge in [0.2, 0.25) is 5.91 Å². The van der Waals surface area contributed by atoms with Gasteiger partial charge in [0.25, 0.3) is 0 Å². The second kappa shape index (κ2) is 5.75. The van der Waals surface area contributed by atoms with Gasteiger partial charge >= 0.3 is 0 Å². The van der Waals surface area contributed by atoms with Crippen LogP contribution < -0.4 is 5.32 Å². The standard InChI is InChI=1S/C10H17NO2/c1-2-5-11-10(12)8-9-3-6-13-7-4-9/h2,9H,1,3-8H2,(H,11,12). The molecule has 0 aromatic carbocycles. The van der Waals surface area contributed by atoms with Crippen LogP contribution in [0.2, 0.25) is 0 Å². The summed E-state index contributed by atoms with van der Waals surface area (Å²) in [5, 5.41) is 2.78. The van der Waals surface area contributed by atoms with Gasteiger partial charge < -0.3 is 10.1 Å². The molecule has 0 unspecified atom stereocenters. The maximum absolute atomic E-state index is 11.3. The van der Waals surface area contributed by atoms with Crippen LogP contribution in [0.1, 0.15) is 19.3 Å². The average molecular weight is 183 g/mol. The minimum Gasteiger partial charge on any atom is -0.381 e. The quantitative estimate of drug-likeness (QED) is 0.663. The van der Waals surface area contributed by atoms with Gasteiger partial charge in [-0.25, -0.2) is 0 Å².